The van der Waals surface area contributed by atoms with Crippen LogP contribution in [0.3, 0.4) is 0 Å². The van der Waals surface area contributed by atoms with Crippen molar-refractivity contribution in [2.24, 2.45) is 11.3 Å². The largest absolute Gasteiger partial charge is 0.573 e. The minimum Gasteiger partial charge on any atom is -0.406 e. The molecule has 0 saturated carbocycles. The molecular weight excluding hydrogens is 457 g/mol. The summed E-state index contributed by atoms with van der Waals surface area (Å²) in [4.78, 5) is 24.1. The molecule has 1 aromatic carbocycles. The highest BCUT2D eigenvalue weighted by molar-refractivity contribution is 6.05. The van der Waals surface area contributed by atoms with Crippen LogP contribution in [0.4, 0.5) is 24.7 Å². The van der Waals surface area contributed by atoms with Crippen LogP contribution in [0, 0.1) is 11.3 Å². The Bertz CT molecular complexity index is 1180. The van der Waals surface area contributed by atoms with Crippen molar-refractivity contribution in [3.63, 3.8) is 0 Å². The Morgan fingerprint density at radius 1 is 1.11 bits per heavy atom. The summed E-state index contributed by atoms with van der Waals surface area (Å²) in [5, 5.41) is 2.70. The first-order chi connectivity index (χ1) is 16.5. The first kappa shape index (κ1) is 24.5. The van der Waals surface area contributed by atoms with Gasteiger partial charge in [-0.3, -0.25) is 9.78 Å². The van der Waals surface area contributed by atoms with E-state index < -0.39 is 12.3 Å². The monoisotopic (exact) mass is 484 g/mol. The molecule has 35 heavy (non-hydrogen) atoms. The third-order valence-electron chi connectivity index (χ3n) is 6.16. The van der Waals surface area contributed by atoms with E-state index in [1.807, 2.05) is 12.1 Å². The van der Waals surface area contributed by atoms with E-state index in [0.29, 0.717) is 17.2 Å². The van der Waals surface area contributed by atoms with Gasteiger partial charge in [-0.25, -0.2) is 4.98 Å². The van der Waals surface area contributed by atoms with Gasteiger partial charge in [0, 0.05) is 48.5 Å². The molecule has 2 aromatic heterocycles. The lowest BCUT2D eigenvalue weighted by Crippen LogP contribution is -2.27. The molecule has 4 rings (SSSR count). The fourth-order valence-electron chi connectivity index (χ4n) is 4.17. The second-order valence-electron chi connectivity index (χ2n) is 9.66. The number of nitrogens with zero attached hydrogens (tertiary/aromatic N) is 3. The average molecular weight is 485 g/mol. The highest BCUT2D eigenvalue weighted by Gasteiger charge is 2.33. The number of anilines is 2. The number of carbonyl (C=O) groups is 1. The Morgan fingerprint density at radius 3 is 2.46 bits per heavy atom. The maximum Gasteiger partial charge on any atom is 0.573 e. The van der Waals surface area contributed by atoms with E-state index in [-0.39, 0.29) is 11.2 Å². The summed E-state index contributed by atoms with van der Waals surface area (Å²) in [7, 11) is 0. The van der Waals surface area contributed by atoms with E-state index in [1.165, 1.54) is 18.3 Å². The standard InChI is InChI=1S/C26H27F3N4O2/c1-25(2,3)19-10-12-33(16-19)23-22(17-5-4-11-30-14-17)13-18(15-31-23)24(34)32-20-6-8-21(9-7-20)35-26(27,28)29/h4-9,11,13-15,19H,10,12,16H2,1-3H3,(H,32,34). The number of aromatic nitrogens is 2. The molecule has 9 heteroatoms. The minimum absolute atomic E-state index is 0.184. The predicted octanol–water partition coefficient (Wildman–Crippen LogP) is 6.17. The number of alkyl halides is 3. The predicted molar refractivity (Wildman–Crippen MR) is 128 cm³/mol. The van der Waals surface area contributed by atoms with Crippen LogP contribution in [0.1, 0.15) is 37.6 Å². The Labute approximate surface area is 202 Å². The summed E-state index contributed by atoms with van der Waals surface area (Å²) in [6.07, 6.45) is 1.23. The lowest BCUT2D eigenvalue weighted by molar-refractivity contribution is -0.274. The van der Waals surface area contributed by atoms with Gasteiger partial charge in [-0.2, -0.15) is 0 Å². The van der Waals surface area contributed by atoms with Gasteiger partial charge in [0.1, 0.15) is 11.6 Å². The van der Waals surface area contributed by atoms with Crippen LogP contribution in [0.5, 0.6) is 5.75 Å². The van der Waals surface area contributed by atoms with Gasteiger partial charge < -0.3 is 15.0 Å². The number of hydrogen-bond acceptors (Lipinski definition) is 5. The van der Waals surface area contributed by atoms with Crippen LogP contribution >= 0.6 is 0 Å². The van der Waals surface area contributed by atoms with Crippen LogP contribution in [0.15, 0.2) is 61.1 Å². The normalized spacial score (nSPS) is 16.3. The van der Waals surface area contributed by atoms with E-state index in [2.05, 4.69) is 45.7 Å². The van der Waals surface area contributed by atoms with Gasteiger partial charge in [0.05, 0.1) is 5.56 Å². The lowest BCUT2D eigenvalue weighted by atomic mass is 9.80. The summed E-state index contributed by atoms with van der Waals surface area (Å²) in [6, 6.07) is 10.5. The van der Waals surface area contributed by atoms with Gasteiger partial charge >= 0.3 is 6.36 Å². The molecule has 1 N–H and O–H groups in total. The number of hydrogen-bond donors (Lipinski definition) is 1. The maximum absolute atomic E-state index is 12.9. The van der Waals surface area contributed by atoms with Crippen molar-refractivity contribution in [1.29, 1.82) is 0 Å². The second-order valence-corrected chi connectivity index (χ2v) is 9.66. The second kappa shape index (κ2) is 9.56. The first-order valence-electron chi connectivity index (χ1n) is 11.3. The Kier molecular flexibility index (Phi) is 6.69. The van der Waals surface area contributed by atoms with Crippen molar-refractivity contribution < 1.29 is 22.7 Å². The Morgan fingerprint density at radius 2 is 1.86 bits per heavy atom. The molecule has 1 atom stereocenters. The molecule has 0 radical (unpaired) electrons. The molecule has 6 nitrogen and oxygen atoms in total. The van der Waals surface area contributed by atoms with Gasteiger partial charge in [-0.15, -0.1) is 13.2 Å². The number of rotatable bonds is 5. The van der Waals surface area contributed by atoms with Gasteiger partial charge in [-0.1, -0.05) is 26.8 Å². The lowest BCUT2D eigenvalue weighted by Gasteiger charge is -2.28. The van der Waals surface area contributed by atoms with Gasteiger partial charge in [-0.05, 0) is 54.2 Å². The molecule has 1 saturated heterocycles. The summed E-state index contributed by atoms with van der Waals surface area (Å²) >= 11 is 0. The van der Waals surface area contributed by atoms with E-state index in [4.69, 9.17) is 0 Å². The molecule has 184 valence electrons. The van der Waals surface area contributed by atoms with E-state index in [0.717, 1.165) is 48.6 Å². The van der Waals surface area contributed by atoms with Gasteiger partial charge in [0.2, 0.25) is 0 Å². The summed E-state index contributed by atoms with van der Waals surface area (Å²) < 4.78 is 41.0. The zero-order valence-electron chi connectivity index (χ0n) is 19.8. The van der Waals surface area contributed by atoms with Crippen molar-refractivity contribution in [3.8, 4) is 16.9 Å². The Hall–Kier alpha value is -3.62. The molecule has 3 heterocycles. The number of nitrogens with one attached hydrogen (secondary N) is 1. The number of ether oxygens (including phenoxy) is 1. The maximum atomic E-state index is 12.9. The zero-order valence-corrected chi connectivity index (χ0v) is 19.8. The zero-order chi connectivity index (χ0) is 25.2. The summed E-state index contributed by atoms with van der Waals surface area (Å²) in [5.74, 6) is 0.542. The SMILES string of the molecule is CC(C)(C)C1CCN(c2ncc(C(=O)Nc3ccc(OC(F)(F)F)cc3)cc2-c2cccnc2)C1. The fraction of sp³-hybridized carbons (Fsp3) is 0.346. The molecule has 1 fully saturated rings. The van der Waals surface area contributed by atoms with E-state index in [1.54, 1.807) is 18.5 Å². The number of halogens is 3. The molecular formula is C26H27F3N4O2. The van der Waals surface area contributed by atoms with Crippen molar-refractivity contribution in [1.82, 2.24) is 9.97 Å². The molecule has 1 unspecified atom stereocenters. The van der Waals surface area contributed by atoms with E-state index in [9.17, 15) is 18.0 Å². The third-order valence-corrected chi connectivity index (χ3v) is 6.16. The van der Waals surface area contributed by atoms with Crippen molar-refractivity contribution in [2.75, 3.05) is 23.3 Å². The number of benzene rings is 1. The first-order valence-corrected chi connectivity index (χ1v) is 11.3. The van der Waals surface area contributed by atoms with Crippen LogP contribution in [0.2, 0.25) is 0 Å². The quantitative estimate of drug-likeness (QED) is 0.469. The molecule has 3 aromatic rings. The van der Waals surface area contributed by atoms with E-state index >= 15 is 0 Å². The highest BCUT2D eigenvalue weighted by Crippen LogP contribution is 2.38. The Balaban J connectivity index is 1.58. The van der Waals surface area contributed by atoms with Crippen molar-refractivity contribution in [3.05, 3.63) is 66.6 Å². The molecule has 0 aliphatic carbocycles. The summed E-state index contributed by atoms with van der Waals surface area (Å²) in [6.45, 7) is 8.48. The van der Waals surface area contributed by atoms with Gasteiger partial charge in [0.15, 0.2) is 0 Å². The molecule has 0 spiro atoms. The number of amides is 1. The number of pyridine rings is 2. The van der Waals surface area contributed by atoms with Crippen LogP contribution in [-0.2, 0) is 0 Å². The smallest absolute Gasteiger partial charge is 0.406 e. The van der Waals surface area contributed by atoms with Crippen molar-refractivity contribution in [2.45, 2.75) is 33.6 Å². The van der Waals surface area contributed by atoms with Crippen LogP contribution in [0.25, 0.3) is 11.1 Å². The van der Waals surface area contributed by atoms with Crippen molar-refractivity contribution >= 4 is 17.4 Å². The minimum atomic E-state index is -4.77. The highest BCUT2D eigenvalue weighted by atomic mass is 19.4. The van der Waals surface area contributed by atoms with Gasteiger partial charge in [0.25, 0.3) is 5.91 Å². The molecule has 1 amide bonds. The fourth-order valence-corrected chi connectivity index (χ4v) is 4.17. The molecule has 0 bridgehead atoms. The third kappa shape index (κ3) is 6.09. The topological polar surface area (TPSA) is 67.4 Å². The summed E-state index contributed by atoms with van der Waals surface area (Å²) in [5.41, 5.74) is 2.50. The number of carbonyl (C=O) groups excluding carboxylic acids is 1. The van der Waals surface area contributed by atoms with Crippen LogP contribution < -0.4 is 15.0 Å². The van der Waals surface area contributed by atoms with Crippen LogP contribution in [-0.4, -0.2) is 35.3 Å². The average Bonchev–Trinajstić information content (AvgIpc) is 3.30. The molecule has 1 aliphatic rings. The molecule has 1 aliphatic heterocycles.